The fourth-order valence-electron chi connectivity index (χ4n) is 4.67. The molecule has 3 aromatic carbocycles. The number of imidazole rings is 1. The lowest BCUT2D eigenvalue weighted by Gasteiger charge is -2.25. The predicted molar refractivity (Wildman–Crippen MR) is 155 cm³/mol. The Kier molecular flexibility index (Phi) is 8.01. The number of aromatic nitrogens is 3. The van der Waals surface area contributed by atoms with Gasteiger partial charge in [-0.2, -0.15) is 10.2 Å². The number of hydrogen-bond acceptors (Lipinski definition) is 7. The number of halogens is 1. The summed E-state index contributed by atoms with van der Waals surface area (Å²) in [7, 11) is 5.16. The van der Waals surface area contributed by atoms with Crippen molar-refractivity contribution in [3.05, 3.63) is 101 Å². The van der Waals surface area contributed by atoms with Crippen LogP contribution in [0.3, 0.4) is 0 Å². The number of benzene rings is 3. The lowest BCUT2D eigenvalue weighted by atomic mass is 10.1. The van der Waals surface area contributed by atoms with Gasteiger partial charge >= 0.3 is 0 Å². The van der Waals surface area contributed by atoms with Crippen LogP contribution in [0, 0.1) is 17.1 Å². The Bertz CT molecular complexity index is 1660. The van der Waals surface area contributed by atoms with Crippen molar-refractivity contribution >= 4 is 16.9 Å². The van der Waals surface area contributed by atoms with Crippen LogP contribution in [0.25, 0.3) is 11.0 Å². The molecule has 5 rings (SSSR count). The highest BCUT2D eigenvalue weighted by Crippen LogP contribution is 2.35. The number of nitriles is 1. The second-order valence-corrected chi connectivity index (χ2v) is 9.57. The van der Waals surface area contributed by atoms with Gasteiger partial charge in [-0.15, -0.1) is 0 Å². The number of fused-ring (bicyclic) bond motifs is 1. The first kappa shape index (κ1) is 27.5. The minimum Gasteiger partial charge on any atom is -0.497 e. The third-order valence-corrected chi connectivity index (χ3v) is 6.87. The molecule has 208 valence electrons. The van der Waals surface area contributed by atoms with Crippen molar-refractivity contribution in [1.82, 2.24) is 14.5 Å². The van der Waals surface area contributed by atoms with E-state index in [1.165, 1.54) is 6.07 Å². The van der Waals surface area contributed by atoms with Crippen LogP contribution in [0.2, 0.25) is 0 Å². The third-order valence-electron chi connectivity index (χ3n) is 6.87. The van der Waals surface area contributed by atoms with Crippen molar-refractivity contribution in [2.75, 3.05) is 19.1 Å². The first-order chi connectivity index (χ1) is 19.9. The van der Waals surface area contributed by atoms with Gasteiger partial charge in [0.2, 0.25) is 5.88 Å². The van der Waals surface area contributed by atoms with Crippen LogP contribution in [0.15, 0.2) is 73.1 Å². The van der Waals surface area contributed by atoms with E-state index < -0.39 is 5.82 Å². The van der Waals surface area contributed by atoms with E-state index in [2.05, 4.69) is 9.88 Å². The number of ether oxygens (including phenoxy) is 3. The Morgan fingerprint density at radius 3 is 2.07 bits per heavy atom. The second-order valence-electron chi connectivity index (χ2n) is 9.57. The number of nitrogens with zero attached hydrogens (tertiary/aromatic N) is 5. The molecule has 0 saturated heterocycles. The molecule has 5 aromatic rings. The Morgan fingerprint density at radius 1 is 0.927 bits per heavy atom. The van der Waals surface area contributed by atoms with Crippen LogP contribution in [0.5, 0.6) is 23.1 Å². The molecule has 0 atom stereocenters. The van der Waals surface area contributed by atoms with Gasteiger partial charge in [-0.3, -0.25) is 0 Å². The molecule has 41 heavy (non-hydrogen) atoms. The second kappa shape index (κ2) is 12.0. The standard InChI is InChI=1S/C32H30FN5O3/c1-5-24-14-23(17-34)15-27(33)31(24)41-29-16-28-30(35-20-37(28)2)32(36-29)38(18-21-6-10-25(39-3)11-7-21)19-22-8-12-26(40-4)13-9-22/h6-16,20H,5,18-19H2,1-4H3. The van der Waals surface area contributed by atoms with Crippen LogP contribution >= 0.6 is 0 Å². The van der Waals surface area contributed by atoms with Crippen molar-refractivity contribution in [2.45, 2.75) is 26.4 Å². The Balaban J connectivity index is 1.60. The summed E-state index contributed by atoms with van der Waals surface area (Å²) < 4.78 is 33.8. The summed E-state index contributed by atoms with van der Waals surface area (Å²) in [4.78, 5) is 11.6. The number of anilines is 1. The molecular weight excluding hydrogens is 521 g/mol. The largest absolute Gasteiger partial charge is 0.497 e. The fourth-order valence-corrected chi connectivity index (χ4v) is 4.67. The van der Waals surface area contributed by atoms with Gasteiger partial charge in [-0.05, 0) is 59.5 Å². The van der Waals surface area contributed by atoms with Crippen molar-refractivity contribution in [3.8, 4) is 29.2 Å². The van der Waals surface area contributed by atoms with Crippen LogP contribution in [-0.4, -0.2) is 28.8 Å². The zero-order valence-electron chi connectivity index (χ0n) is 23.4. The molecule has 0 N–H and O–H groups in total. The van der Waals surface area contributed by atoms with Gasteiger partial charge in [0.05, 0.1) is 37.7 Å². The highest BCUT2D eigenvalue weighted by Gasteiger charge is 2.21. The summed E-state index contributed by atoms with van der Waals surface area (Å²) in [6.07, 6.45) is 2.21. The molecule has 0 aliphatic rings. The lowest BCUT2D eigenvalue weighted by molar-refractivity contribution is 0.414. The van der Waals surface area contributed by atoms with E-state index in [4.69, 9.17) is 19.2 Å². The maximum atomic E-state index is 15.1. The van der Waals surface area contributed by atoms with Crippen LogP contribution in [0.1, 0.15) is 29.2 Å². The molecule has 0 aliphatic heterocycles. The maximum Gasteiger partial charge on any atom is 0.223 e. The zero-order chi connectivity index (χ0) is 28.9. The summed E-state index contributed by atoms with van der Waals surface area (Å²) >= 11 is 0. The summed E-state index contributed by atoms with van der Waals surface area (Å²) in [6.45, 7) is 2.92. The van der Waals surface area contributed by atoms with Crippen molar-refractivity contribution < 1.29 is 18.6 Å². The molecule has 9 heteroatoms. The molecule has 0 spiro atoms. The van der Waals surface area contributed by atoms with Gasteiger partial charge in [0.15, 0.2) is 17.4 Å². The summed E-state index contributed by atoms with van der Waals surface area (Å²) in [5, 5.41) is 9.29. The molecule has 2 aromatic heterocycles. The highest BCUT2D eigenvalue weighted by molar-refractivity contribution is 5.87. The van der Waals surface area contributed by atoms with Crippen LogP contribution in [0.4, 0.5) is 10.2 Å². The van der Waals surface area contributed by atoms with E-state index in [1.54, 1.807) is 32.7 Å². The predicted octanol–water partition coefficient (Wildman–Crippen LogP) is 6.56. The van der Waals surface area contributed by atoms with Gasteiger partial charge in [0.25, 0.3) is 0 Å². The summed E-state index contributed by atoms with van der Waals surface area (Å²) in [6, 6.07) is 22.3. The number of rotatable bonds is 10. The summed E-state index contributed by atoms with van der Waals surface area (Å²) in [5.41, 5.74) is 4.39. The number of hydrogen-bond donors (Lipinski definition) is 0. The minimum absolute atomic E-state index is 0.0586. The quantitative estimate of drug-likeness (QED) is 0.194. The molecule has 2 heterocycles. The maximum absolute atomic E-state index is 15.1. The van der Waals surface area contributed by atoms with Crippen molar-refractivity contribution in [2.24, 2.45) is 7.05 Å². The smallest absolute Gasteiger partial charge is 0.223 e. The van der Waals surface area contributed by atoms with Crippen LogP contribution in [-0.2, 0) is 26.6 Å². The third kappa shape index (κ3) is 5.92. The van der Waals surface area contributed by atoms with Gasteiger partial charge < -0.3 is 23.7 Å². The number of aryl methyl sites for hydroxylation is 2. The van der Waals surface area contributed by atoms with Gasteiger partial charge in [0.1, 0.15) is 17.0 Å². The minimum atomic E-state index is -0.609. The average molecular weight is 552 g/mol. The fraction of sp³-hybridized carbons (Fsp3) is 0.219. The molecule has 8 nitrogen and oxygen atoms in total. The molecule has 0 radical (unpaired) electrons. The van der Waals surface area contributed by atoms with E-state index in [-0.39, 0.29) is 17.2 Å². The first-order valence-electron chi connectivity index (χ1n) is 13.2. The molecule has 0 aliphatic carbocycles. The molecular formula is C32H30FN5O3. The van der Waals surface area contributed by atoms with Gasteiger partial charge in [-0.25, -0.2) is 9.37 Å². The SMILES string of the molecule is CCc1cc(C#N)cc(F)c1Oc1cc2c(ncn2C)c(N(Cc2ccc(OC)cc2)Cc2ccc(OC)cc2)n1. The average Bonchev–Trinajstić information content (AvgIpc) is 3.38. The van der Waals surface area contributed by atoms with E-state index in [9.17, 15) is 5.26 Å². The summed E-state index contributed by atoms with van der Waals surface area (Å²) in [5.74, 6) is 1.81. The monoisotopic (exact) mass is 551 g/mol. The Hall–Kier alpha value is -5.10. The molecule has 0 bridgehead atoms. The zero-order valence-corrected chi connectivity index (χ0v) is 23.4. The number of methoxy groups -OCH3 is 2. The normalized spacial score (nSPS) is 10.8. The molecule has 0 unspecified atom stereocenters. The van der Waals surface area contributed by atoms with Crippen molar-refractivity contribution in [1.29, 1.82) is 5.26 Å². The molecule has 0 saturated carbocycles. The van der Waals surface area contributed by atoms with Gasteiger partial charge in [0, 0.05) is 26.2 Å². The van der Waals surface area contributed by atoms with Crippen LogP contribution < -0.4 is 19.1 Å². The molecule has 0 fully saturated rings. The first-order valence-corrected chi connectivity index (χ1v) is 13.2. The number of pyridine rings is 1. The topological polar surface area (TPSA) is 85.4 Å². The Labute approximate surface area is 238 Å². The van der Waals surface area contributed by atoms with E-state index in [0.29, 0.717) is 36.4 Å². The van der Waals surface area contributed by atoms with Crippen molar-refractivity contribution in [3.63, 3.8) is 0 Å². The Morgan fingerprint density at radius 2 is 1.54 bits per heavy atom. The van der Waals surface area contributed by atoms with E-state index in [1.807, 2.05) is 73.1 Å². The highest BCUT2D eigenvalue weighted by atomic mass is 19.1. The molecule has 0 amide bonds. The van der Waals surface area contributed by atoms with E-state index in [0.717, 1.165) is 28.1 Å². The van der Waals surface area contributed by atoms with Gasteiger partial charge in [-0.1, -0.05) is 31.2 Å². The van der Waals surface area contributed by atoms with E-state index >= 15 is 4.39 Å². The lowest BCUT2D eigenvalue weighted by Crippen LogP contribution is -2.23.